The van der Waals surface area contributed by atoms with E-state index in [2.05, 4.69) is 12.8 Å². The normalized spacial score (nSPS) is 14.6. The predicted molar refractivity (Wildman–Crippen MR) is 97.4 cm³/mol. The zero-order chi connectivity index (χ0) is 18.2. The van der Waals surface area contributed by atoms with Crippen molar-refractivity contribution in [2.24, 2.45) is 5.92 Å². The zero-order valence-corrected chi connectivity index (χ0v) is 15.5. The fourth-order valence-electron chi connectivity index (χ4n) is 2.88. The van der Waals surface area contributed by atoms with E-state index in [1.54, 1.807) is 0 Å². The van der Waals surface area contributed by atoms with Crippen molar-refractivity contribution in [1.29, 1.82) is 0 Å². The maximum absolute atomic E-state index is 10.7. The Hall–Kier alpha value is -1.05. The fourth-order valence-corrected chi connectivity index (χ4v) is 2.88. The van der Waals surface area contributed by atoms with Crippen LogP contribution in [-0.2, 0) is 9.53 Å². The van der Waals surface area contributed by atoms with Gasteiger partial charge in [0.1, 0.15) is 6.61 Å². The minimum atomic E-state index is -0.787. The molecule has 4 nitrogen and oxygen atoms in total. The van der Waals surface area contributed by atoms with Crippen molar-refractivity contribution in [2.75, 3.05) is 6.61 Å². The number of esters is 1. The molecule has 0 bridgehead atoms. The number of aliphatic hydroxyl groups is 2. The third-order valence-corrected chi connectivity index (χ3v) is 4.22. The van der Waals surface area contributed by atoms with E-state index in [-0.39, 0.29) is 13.0 Å². The van der Waals surface area contributed by atoms with Gasteiger partial charge in [-0.25, -0.2) is 0 Å². The van der Waals surface area contributed by atoms with E-state index in [4.69, 9.17) is 11.2 Å². The van der Waals surface area contributed by atoms with Crippen molar-refractivity contribution in [2.45, 2.75) is 96.7 Å². The lowest BCUT2D eigenvalue weighted by atomic mass is 9.94. The Morgan fingerprint density at radius 3 is 2.17 bits per heavy atom. The summed E-state index contributed by atoms with van der Waals surface area (Å²) < 4.78 is 4.73. The molecule has 4 heteroatoms. The number of terminal acetylenes is 1. The van der Waals surface area contributed by atoms with Gasteiger partial charge in [0.2, 0.25) is 0 Å². The topological polar surface area (TPSA) is 66.8 Å². The molecular weight excluding hydrogens is 304 g/mol. The van der Waals surface area contributed by atoms with Gasteiger partial charge >= 0.3 is 5.97 Å². The number of unbranched alkanes of at least 4 members (excludes halogenated alkanes) is 7. The van der Waals surface area contributed by atoms with Crippen LogP contribution in [-0.4, -0.2) is 35.0 Å². The van der Waals surface area contributed by atoms with Crippen molar-refractivity contribution in [3.8, 4) is 12.3 Å². The second-order valence-electron chi connectivity index (χ2n) is 6.90. The highest BCUT2D eigenvalue weighted by Gasteiger charge is 2.16. The Labute approximate surface area is 148 Å². The van der Waals surface area contributed by atoms with Gasteiger partial charge in [0.25, 0.3) is 0 Å². The lowest BCUT2D eigenvalue weighted by molar-refractivity contribution is -0.144. The molecule has 0 rings (SSSR count). The molecule has 0 aromatic heterocycles. The largest absolute Gasteiger partial charge is 0.463 e. The van der Waals surface area contributed by atoms with Gasteiger partial charge in [0.05, 0.1) is 12.2 Å². The van der Waals surface area contributed by atoms with Crippen LogP contribution >= 0.6 is 0 Å². The lowest BCUT2D eigenvalue weighted by Gasteiger charge is -2.19. The second-order valence-corrected chi connectivity index (χ2v) is 6.90. The molecule has 140 valence electrons. The third kappa shape index (κ3) is 15.8. The maximum Gasteiger partial charge on any atom is 0.302 e. The highest BCUT2D eigenvalue weighted by Crippen LogP contribution is 2.18. The molecule has 0 radical (unpaired) electrons. The van der Waals surface area contributed by atoms with Gasteiger partial charge < -0.3 is 14.9 Å². The van der Waals surface area contributed by atoms with E-state index in [0.29, 0.717) is 12.3 Å². The first-order valence-corrected chi connectivity index (χ1v) is 9.38. The van der Waals surface area contributed by atoms with Crippen molar-refractivity contribution in [3.05, 3.63) is 0 Å². The number of hydrogen-bond donors (Lipinski definition) is 2. The molecule has 0 aliphatic heterocycles. The standard InChI is InChI=1S/C20H36O4/c1-4-5-6-7-8-9-10-11-12-13-17(2)14-19(22)15-20(23)16-24-18(3)21/h1,17,19-20,22-23H,5-16H2,2-3H3/t17?,19-,20-/m0/s1. The number of rotatable bonds is 15. The summed E-state index contributed by atoms with van der Waals surface area (Å²) in [5.41, 5.74) is 0. The van der Waals surface area contributed by atoms with E-state index in [1.165, 1.54) is 45.4 Å². The summed E-state index contributed by atoms with van der Waals surface area (Å²) in [6.45, 7) is 3.41. The Morgan fingerprint density at radius 1 is 1.00 bits per heavy atom. The summed E-state index contributed by atoms with van der Waals surface area (Å²) in [5, 5.41) is 19.7. The van der Waals surface area contributed by atoms with Crippen LogP contribution in [0.1, 0.15) is 84.5 Å². The summed E-state index contributed by atoms with van der Waals surface area (Å²) >= 11 is 0. The molecule has 0 saturated heterocycles. The molecule has 0 saturated carbocycles. The maximum atomic E-state index is 10.7. The van der Waals surface area contributed by atoms with E-state index in [1.807, 2.05) is 0 Å². The van der Waals surface area contributed by atoms with Gasteiger partial charge in [0.15, 0.2) is 0 Å². The van der Waals surface area contributed by atoms with Crippen molar-refractivity contribution in [1.82, 2.24) is 0 Å². The van der Waals surface area contributed by atoms with Gasteiger partial charge in [-0.05, 0) is 18.8 Å². The molecule has 0 heterocycles. The highest BCUT2D eigenvalue weighted by atomic mass is 16.5. The van der Waals surface area contributed by atoms with Crippen LogP contribution in [0.4, 0.5) is 0 Å². The Balaban J connectivity index is 3.52. The van der Waals surface area contributed by atoms with Crippen molar-refractivity contribution >= 4 is 5.97 Å². The molecule has 24 heavy (non-hydrogen) atoms. The first-order valence-electron chi connectivity index (χ1n) is 9.38. The quantitative estimate of drug-likeness (QED) is 0.270. The third-order valence-electron chi connectivity index (χ3n) is 4.22. The fraction of sp³-hybridized carbons (Fsp3) is 0.850. The van der Waals surface area contributed by atoms with Crippen LogP contribution in [0.2, 0.25) is 0 Å². The van der Waals surface area contributed by atoms with Gasteiger partial charge in [-0.2, -0.15) is 0 Å². The number of ether oxygens (including phenoxy) is 1. The molecule has 0 aliphatic rings. The minimum absolute atomic E-state index is 0.0396. The van der Waals surface area contributed by atoms with Crippen LogP contribution < -0.4 is 0 Å². The molecule has 3 atom stereocenters. The first kappa shape index (κ1) is 22.9. The molecule has 2 N–H and O–H groups in total. The van der Waals surface area contributed by atoms with Crippen molar-refractivity contribution < 1.29 is 19.7 Å². The lowest BCUT2D eigenvalue weighted by Crippen LogP contribution is -2.24. The molecular formula is C20H36O4. The predicted octanol–water partition coefficient (Wildman–Crippen LogP) is 3.83. The summed E-state index contributed by atoms with van der Waals surface area (Å²) in [7, 11) is 0. The van der Waals surface area contributed by atoms with Gasteiger partial charge in [-0.3, -0.25) is 4.79 Å². The minimum Gasteiger partial charge on any atom is -0.463 e. The van der Waals surface area contributed by atoms with Crippen LogP contribution in [0.5, 0.6) is 0 Å². The zero-order valence-electron chi connectivity index (χ0n) is 15.5. The molecule has 0 amide bonds. The smallest absolute Gasteiger partial charge is 0.302 e. The van der Waals surface area contributed by atoms with Crippen LogP contribution in [0, 0.1) is 18.3 Å². The highest BCUT2D eigenvalue weighted by molar-refractivity contribution is 5.65. The molecule has 0 spiro atoms. The molecule has 0 aliphatic carbocycles. The van der Waals surface area contributed by atoms with Crippen molar-refractivity contribution in [3.63, 3.8) is 0 Å². The van der Waals surface area contributed by atoms with Crippen LogP contribution in [0.15, 0.2) is 0 Å². The Kier molecular flexibility index (Phi) is 14.8. The molecule has 1 unspecified atom stereocenters. The Morgan fingerprint density at radius 2 is 1.58 bits per heavy atom. The van der Waals surface area contributed by atoms with Gasteiger partial charge in [-0.1, -0.05) is 51.9 Å². The summed E-state index contributed by atoms with van der Waals surface area (Å²) in [4.78, 5) is 10.7. The van der Waals surface area contributed by atoms with Crippen LogP contribution in [0.3, 0.4) is 0 Å². The number of hydrogen-bond acceptors (Lipinski definition) is 4. The number of aliphatic hydroxyl groups excluding tert-OH is 2. The SMILES string of the molecule is C#CCCCCCCCCCC(C)C[C@H](O)C[C@H](O)COC(C)=O. The van der Waals surface area contributed by atoms with E-state index >= 15 is 0 Å². The first-order chi connectivity index (χ1) is 11.5. The average Bonchev–Trinajstić information content (AvgIpc) is 2.51. The van der Waals surface area contributed by atoms with E-state index < -0.39 is 18.2 Å². The van der Waals surface area contributed by atoms with E-state index in [9.17, 15) is 15.0 Å². The number of carbonyl (C=O) groups excluding carboxylic acids is 1. The molecule has 0 aromatic carbocycles. The van der Waals surface area contributed by atoms with Gasteiger partial charge in [0, 0.05) is 19.8 Å². The number of carbonyl (C=O) groups is 1. The molecule has 0 aromatic rings. The van der Waals surface area contributed by atoms with E-state index in [0.717, 1.165) is 19.3 Å². The molecule has 0 fully saturated rings. The monoisotopic (exact) mass is 340 g/mol. The summed E-state index contributed by atoms with van der Waals surface area (Å²) in [6, 6.07) is 0. The summed E-state index contributed by atoms with van der Waals surface area (Å²) in [5.74, 6) is 2.70. The average molecular weight is 341 g/mol. The van der Waals surface area contributed by atoms with Crippen LogP contribution in [0.25, 0.3) is 0 Å². The Bertz CT molecular complexity index is 348. The van der Waals surface area contributed by atoms with Gasteiger partial charge in [-0.15, -0.1) is 12.3 Å². The second kappa shape index (κ2) is 15.5. The summed E-state index contributed by atoms with van der Waals surface area (Å²) in [6.07, 6.45) is 15.5.